The van der Waals surface area contributed by atoms with Crippen molar-refractivity contribution in [3.05, 3.63) is 18.6 Å². The molecule has 1 amide bonds. The first-order valence-electron chi connectivity index (χ1n) is 8.43. The number of hydrogen-bond acceptors (Lipinski definition) is 5. The third-order valence-corrected chi connectivity index (χ3v) is 4.75. The zero-order valence-corrected chi connectivity index (χ0v) is 13.9. The molecule has 6 nitrogen and oxygen atoms in total. The molecule has 1 atom stereocenters. The molecule has 2 aliphatic heterocycles. The van der Waals surface area contributed by atoms with E-state index in [4.69, 9.17) is 9.47 Å². The number of carbonyl (C=O) groups excluding carboxylic acids is 1. The minimum atomic E-state index is -0.154. The molecule has 1 aromatic heterocycles. The summed E-state index contributed by atoms with van der Waals surface area (Å²) in [6.07, 6.45) is 8.51. The second kappa shape index (κ2) is 6.83. The van der Waals surface area contributed by atoms with Gasteiger partial charge < -0.3 is 14.4 Å². The lowest BCUT2D eigenvalue weighted by molar-refractivity contribution is -0.153. The molecule has 23 heavy (non-hydrogen) atoms. The van der Waals surface area contributed by atoms with Gasteiger partial charge in [0.05, 0.1) is 18.4 Å². The highest BCUT2D eigenvalue weighted by atomic mass is 16.5. The van der Waals surface area contributed by atoms with Crippen LogP contribution in [-0.4, -0.2) is 52.2 Å². The monoisotopic (exact) mass is 319 g/mol. The second-order valence-corrected chi connectivity index (χ2v) is 6.79. The molecule has 3 heterocycles. The van der Waals surface area contributed by atoms with Crippen LogP contribution in [0.3, 0.4) is 0 Å². The summed E-state index contributed by atoms with van der Waals surface area (Å²) in [7, 11) is 0. The van der Waals surface area contributed by atoms with Crippen LogP contribution in [0.15, 0.2) is 18.6 Å². The molecular formula is C17H25N3O3. The summed E-state index contributed by atoms with van der Waals surface area (Å²) >= 11 is 0. The first kappa shape index (κ1) is 16.2. The van der Waals surface area contributed by atoms with Gasteiger partial charge in [0.25, 0.3) is 0 Å². The van der Waals surface area contributed by atoms with E-state index in [2.05, 4.69) is 9.97 Å². The molecule has 2 aliphatic rings. The maximum Gasteiger partial charge on any atom is 0.232 e. The van der Waals surface area contributed by atoms with Gasteiger partial charge in [-0.25, -0.2) is 4.98 Å². The molecule has 0 N–H and O–H groups in total. The van der Waals surface area contributed by atoms with Crippen molar-refractivity contribution in [1.29, 1.82) is 0 Å². The molecule has 6 heteroatoms. The van der Waals surface area contributed by atoms with Gasteiger partial charge in [-0.1, -0.05) is 13.8 Å². The first-order valence-corrected chi connectivity index (χ1v) is 8.43. The molecule has 2 saturated heterocycles. The van der Waals surface area contributed by atoms with Gasteiger partial charge in [-0.05, 0) is 12.8 Å². The van der Waals surface area contributed by atoms with Crippen LogP contribution in [-0.2, 0) is 9.53 Å². The van der Waals surface area contributed by atoms with Crippen LogP contribution < -0.4 is 4.74 Å². The number of likely N-dealkylation sites (tertiary alicyclic amines) is 1. The van der Waals surface area contributed by atoms with E-state index < -0.39 is 0 Å². The Hall–Kier alpha value is -1.69. The van der Waals surface area contributed by atoms with Gasteiger partial charge in [0.2, 0.25) is 11.8 Å². The Bertz CT molecular complexity index is 527. The highest BCUT2D eigenvalue weighted by Crippen LogP contribution is 2.36. The quantitative estimate of drug-likeness (QED) is 0.853. The smallest absolute Gasteiger partial charge is 0.232 e. The highest BCUT2D eigenvalue weighted by Gasteiger charge is 2.42. The average Bonchev–Trinajstić information content (AvgIpc) is 2.56. The Morgan fingerprint density at radius 3 is 2.83 bits per heavy atom. The van der Waals surface area contributed by atoms with Gasteiger partial charge in [0.1, 0.15) is 6.10 Å². The van der Waals surface area contributed by atoms with Crippen LogP contribution in [0.1, 0.15) is 39.5 Å². The van der Waals surface area contributed by atoms with Crippen molar-refractivity contribution in [2.45, 2.75) is 51.2 Å². The maximum atomic E-state index is 12.1. The lowest BCUT2D eigenvalue weighted by Crippen LogP contribution is -2.53. The molecule has 0 aliphatic carbocycles. The minimum Gasteiger partial charge on any atom is -0.473 e. The molecule has 2 fully saturated rings. The van der Waals surface area contributed by atoms with Crippen molar-refractivity contribution < 1.29 is 14.3 Å². The zero-order chi connectivity index (χ0) is 16.3. The Kier molecular flexibility index (Phi) is 4.80. The molecule has 1 spiro atoms. The highest BCUT2D eigenvalue weighted by molar-refractivity contribution is 5.78. The molecule has 0 radical (unpaired) electrons. The molecule has 0 saturated carbocycles. The van der Waals surface area contributed by atoms with Gasteiger partial charge in [0.15, 0.2) is 0 Å². The van der Waals surface area contributed by atoms with Crippen LogP contribution in [0.2, 0.25) is 0 Å². The summed E-state index contributed by atoms with van der Waals surface area (Å²) in [6.45, 7) is 6.15. The molecule has 126 valence electrons. The normalized spacial score (nSPS) is 24.0. The molecular weight excluding hydrogens is 294 g/mol. The Morgan fingerprint density at radius 1 is 1.39 bits per heavy atom. The first-order chi connectivity index (χ1) is 11.1. The molecule has 1 unspecified atom stereocenters. The number of piperidine rings is 1. The Morgan fingerprint density at radius 2 is 2.17 bits per heavy atom. The number of amides is 1. The lowest BCUT2D eigenvalue weighted by atomic mass is 9.83. The number of carbonyl (C=O) groups is 1. The summed E-state index contributed by atoms with van der Waals surface area (Å²) in [6, 6.07) is 0. The third-order valence-electron chi connectivity index (χ3n) is 4.75. The standard InChI is InChI=1S/C17H25N3O3/c1-13(2)16(21)20-8-4-17(5-9-20)11-14(3-10-22-17)23-15-12-18-6-7-19-15/h6-7,12-14H,3-5,8-11H2,1-2H3. The summed E-state index contributed by atoms with van der Waals surface area (Å²) in [5.41, 5.74) is -0.154. The maximum absolute atomic E-state index is 12.1. The van der Waals surface area contributed by atoms with E-state index in [0.29, 0.717) is 12.5 Å². The largest absolute Gasteiger partial charge is 0.473 e. The van der Waals surface area contributed by atoms with E-state index >= 15 is 0 Å². The van der Waals surface area contributed by atoms with Crippen molar-refractivity contribution >= 4 is 5.91 Å². The predicted octanol–water partition coefficient (Wildman–Crippen LogP) is 2.05. The summed E-state index contributed by atoms with van der Waals surface area (Å²) in [4.78, 5) is 22.3. The topological polar surface area (TPSA) is 64.6 Å². The van der Waals surface area contributed by atoms with Crippen molar-refractivity contribution in [2.24, 2.45) is 5.92 Å². The van der Waals surface area contributed by atoms with Gasteiger partial charge in [-0.2, -0.15) is 0 Å². The molecule has 0 aromatic carbocycles. The zero-order valence-electron chi connectivity index (χ0n) is 13.9. The van der Waals surface area contributed by atoms with E-state index in [9.17, 15) is 4.79 Å². The summed E-state index contributed by atoms with van der Waals surface area (Å²) in [5.74, 6) is 0.869. The molecule has 1 aromatic rings. The fourth-order valence-electron chi connectivity index (χ4n) is 3.45. The number of aromatic nitrogens is 2. The number of hydrogen-bond donors (Lipinski definition) is 0. The number of rotatable bonds is 3. The predicted molar refractivity (Wildman–Crippen MR) is 85.0 cm³/mol. The molecule has 0 bridgehead atoms. The van der Waals surface area contributed by atoms with Crippen molar-refractivity contribution in [3.63, 3.8) is 0 Å². The Labute approximate surface area is 137 Å². The number of nitrogens with zero attached hydrogens (tertiary/aromatic N) is 3. The van der Waals surface area contributed by atoms with Crippen LogP contribution in [0, 0.1) is 5.92 Å². The fourth-order valence-corrected chi connectivity index (χ4v) is 3.45. The fraction of sp³-hybridized carbons (Fsp3) is 0.706. The summed E-state index contributed by atoms with van der Waals surface area (Å²) in [5, 5.41) is 0. The lowest BCUT2D eigenvalue weighted by Gasteiger charge is -2.46. The van der Waals surface area contributed by atoms with Gasteiger partial charge in [-0.3, -0.25) is 9.78 Å². The molecule has 3 rings (SSSR count). The van der Waals surface area contributed by atoms with Crippen LogP contribution in [0.25, 0.3) is 0 Å². The van der Waals surface area contributed by atoms with E-state index in [1.165, 1.54) is 0 Å². The second-order valence-electron chi connectivity index (χ2n) is 6.79. The summed E-state index contributed by atoms with van der Waals surface area (Å²) < 4.78 is 12.1. The van der Waals surface area contributed by atoms with E-state index in [0.717, 1.165) is 38.8 Å². The van der Waals surface area contributed by atoms with E-state index in [1.807, 2.05) is 18.7 Å². The minimum absolute atomic E-state index is 0.0593. The third kappa shape index (κ3) is 3.80. The van der Waals surface area contributed by atoms with Crippen LogP contribution >= 0.6 is 0 Å². The van der Waals surface area contributed by atoms with Gasteiger partial charge in [-0.15, -0.1) is 0 Å². The van der Waals surface area contributed by atoms with Crippen molar-refractivity contribution in [3.8, 4) is 5.88 Å². The SMILES string of the molecule is CC(C)C(=O)N1CCC2(CC1)CC(Oc1cnccn1)CCO2. The van der Waals surface area contributed by atoms with E-state index in [1.54, 1.807) is 18.6 Å². The van der Waals surface area contributed by atoms with Crippen LogP contribution in [0.4, 0.5) is 0 Å². The number of ether oxygens (including phenoxy) is 2. The average molecular weight is 319 g/mol. The van der Waals surface area contributed by atoms with Gasteiger partial charge in [0, 0.05) is 44.2 Å². The Balaban J connectivity index is 1.57. The van der Waals surface area contributed by atoms with Crippen molar-refractivity contribution in [2.75, 3.05) is 19.7 Å². The van der Waals surface area contributed by atoms with Crippen molar-refractivity contribution in [1.82, 2.24) is 14.9 Å². The van der Waals surface area contributed by atoms with E-state index in [-0.39, 0.29) is 23.5 Å². The van der Waals surface area contributed by atoms with Crippen LogP contribution in [0.5, 0.6) is 5.88 Å². The van der Waals surface area contributed by atoms with Gasteiger partial charge >= 0.3 is 0 Å².